The first-order valence-electron chi connectivity index (χ1n) is 5.41. The fraction of sp³-hybridized carbons (Fsp3) is 0.455. The summed E-state index contributed by atoms with van der Waals surface area (Å²) in [5.41, 5.74) is 0. The van der Waals surface area contributed by atoms with Gasteiger partial charge >= 0.3 is 0 Å². The standard InChI is InChI=1S/C11H16N4S/c1-8(2)6-12-7-10-13-11(15-14-10)9-4-3-5-16-9/h3-5,8,12H,6-7H2,1-2H3,(H,13,14,15). The highest BCUT2D eigenvalue weighted by atomic mass is 32.1. The molecule has 0 saturated carbocycles. The van der Waals surface area contributed by atoms with Gasteiger partial charge in [0, 0.05) is 0 Å². The molecule has 0 saturated heterocycles. The first-order chi connectivity index (χ1) is 7.75. The van der Waals surface area contributed by atoms with Gasteiger partial charge in [0.15, 0.2) is 5.82 Å². The van der Waals surface area contributed by atoms with Crippen molar-refractivity contribution in [1.29, 1.82) is 0 Å². The molecule has 86 valence electrons. The minimum Gasteiger partial charge on any atom is -0.310 e. The maximum absolute atomic E-state index is 4.43. The summed E-state index contributed by atoms with van der Waals surface area (Å²) >= 11 is 1.65. The van der Waals surface area contributed by atoms with E-state index in [1.54, 1.807) is 11.3 Å². The van der Waals surface area contributed by atoms with Crippen molar-refractivity contribution in [3.8, 4) is 10.7 Å². The number of hydrogen-bond donors (Lipinski definition) is 2. The molecule has 4 nitrogen and oxygen atoms in total. The van der Waals surface area contributed by atoms with Crippen molar-refractivity contribution >= 4 is 11.3 Å². The lowest BCUT2D eigenvalue weighted by Crippen LogP contribution is -2.19. The van der Waals surface area contributed by atoms with Crippen molar-refractivity contribution in [3.05, 3.63) is 23.3 Å². The Morgan fingerprint density at radius 1 is 1.50 bits per heavy atom. The van der Waals surface area contributed by atoms with E-state index in [-0.39, 0.29) is 0 Å². The largest absolute Gasteiger partial charge is 0.310 e. The van der Waals surface area contributed by atoms with Crippen LogP contribution in [0.1, 0.15) is 19.7 Å². The number of nitrogens with one attached hydrogen (secondary N) is 2. The lowest BCUT2D eigenvalue weighted by atomic mass is 10.2. The van der Waals surface area contributed by atoms with Crippen molar-refractivity contribution in [2.45, 2.75) is 20.4 Å². The smallest absolute Gasteiger partial charge is 0.191 e. The summed E-state index contributed by atoms with van der Waals surface area (Å²) in [5, 5.41) is 12.5. The Morgan fingerprint density at radius 3 is 3.06 bits per heavy atom. The first-order valence-corrected chi connectivity index (χ1v) is 6.29. The number of aromatic nitrogens is 3. The molecular weight excluding hydrogens is 220 g/mol. The average Bonchev–Trinajstić information content (AvgIpc) is 2.85. The molecule has 0 aliphatic rings. The van der Waals surface area contributed by atoms with Crippen LogP contribution in [0.2, 0.25) is 0 Å². The fourth-order valence-corrected chi connectivity index (χ4v) is 2.03. The first kappa shape index (κ1) is 11.3. The number of aromatic amines is 1. The average molecular weight is 236 g/mol. The summed E-state index contributed by atoms with van der Waals surface area (Å²) in [6.07, 6.45) is 0. The van der Waals surface area contributed by atoms with Crippen LogP contribution in [0.5, 0.6) is 0 Å². The normalized spacial score (nSPS) is 11.2. The van der Waals surface area contributed by atoms with E-state index in [0.717, 1.165) is 29.6 Å². The summed E-state index contributed by atoms with van der Waals surface area (Å²) in [4.78, 5) is 5.53. The van der Waals surface area contributed by atoms with E-state index in [9.17, 15) is 0 Å². The molecule has 0 radical (unpaired) electrons. The summed E-state index contributed by atoms with van der Waals surface area (Å²) < 4.78 is 0. The molecule has 0 unspecified atom stereocenters. The molecule has 0 atom stereocenters. The molecule has 0 bridgehead atoms. The van der Waals surface area contributed by atoms with Crippen molar-refractivity contribution < 1.29 is 0 Å². The second-order valence-corrected chi connectivity index (χ2v) is 5.06. The zero-order valence-corrected chi connectivity index (χ0v) is 10.3. The predicted molar refractivity (Wildman–Crippen MR) is 66.2 cm³/mol. The third kappa shape index (κ3) is 2.90. The van der Waals surface area contributed by atoms with Gasteiger partial charge in [-0.15, -0.1) is 11.3 Å². The Balaban J connectivity index is 1.93. The molecule has 5 heteroatoms. The van der Waals surface area contributed by atoms with Crippen LogP contribution in [0.15, 0.2) is 17.5 Å². The van der Waals surface area contributed by atoms with E-state index < -0.39 is 0 Å². The zero-order valence-electron chi connectivity index (χ0n) is 9.53. The Bertz CT molecular complexity index is 419. The lowest BCUT2D eigenvalue weighted by Gasteiger charge is -2.04. The number of thiophene rings is 1. The zero-order chi connectivity index (χ0) is 11.4. The molecule has 0 aliphatic carbocycles. The van der Waals surface area contributed by atoms with Crippen molar-refractivity contribution in [2.75, 3.05) is 6.54 Å². The minimum atomic E-state index is 0.652. The van der Waals surface area contributed by atoms with Gasteiger partial charge in [0.25, 0.3) is 0 Å². The maximum atomic E-state index is 4.43. The monoisotopic (exact) mass is 236 g/mol. The van der Waals surface area contributed by atoms with Gasteiger partial charge in [-0.3, -0.25) is 5.10 Å². The Morgan fingerprint density at radius 2 is 2.38 bits per heavy atom. The van der Waals surface area contributed by atoms with E-state index in [0.29, 0.717) is 5.92 Å². The summed E-state index contributed by atoms with van der Waals surface area (Å²) in [5.74, 6) is 2.33. The molecule has 0 aliphatic heterocycles. The van der Waals surface area contributed by atoms with E-state index in [4.69, 9.17) is 0 Å². The van der Waals surface area contributed by atoms with Crippen LogP contribution in [0, 0.1) is 5.92 Å². The van der Waals surface area contributed by atoms with Crippen LogP contribution in [0.4, 0.5) is 0 Å². The van der Waals surface area contributed by atoms with Crippen LogP contribution in [0.3, 0.4) is 0 Å². The van der Waals surface area contributed by atoms with Gasteiger partial charge in [0.1, 0.15) is 5.82 Å². The van der Waals surface area contributed by atoms with Gasteiger partial charge < -0.3 is 5.32 Å². The van der Waals surface area contributed by atoms with Gasteiger partial charge in [-0.1, -0.05) is 19.9 Å². The lowest BCUT2D eigenvalue weighted by molar-refractivity contribution is 0.543. The van der Waals surface area contributed by atoms with Gasteiger partial charge in [-0.2, -0.15) is 5.10 Å². The highest BCUT2D eigenvalue weighted by Crippen LogP contribution is 2.20. The number of rotatable bonds is 5. The van der Waals surface area contributed by atoms with Crippen LogP contribution < -0.4 is 5.32 Å². The fourth-order valence-electron chi connectivity index (χ4n) is 1.37. The summed E-state index contributed by atoms with van der Waals surface area (Å²) in [6, 6.07) is 4.03. The second-order valence-electron chi connectivity index (χ2n) is 4.11. The summed E-state index contributed by atoms with van der Waals surface area (Å²) in [6.45, 7) is 6.11. The maximum Gasteiger partial charge on any atom is 0.191 e. The molecule has 0 spiro atoms. The van der Waals surface area contributed by atoms with E-state index in [1.807, 2.05) is 17.5 Å². The van der Waals surface area contributed by atoms with Crippen molar-refractivity contribution in [2.24, 2.45) is 5.92 Å². The molecular formula is C11H16N4S. The highest BCUT2D eigenvalue weighted by Gasteiger charge is 2.06. The quantitative estimate of drug-likeness (QED) is 0.837. The topological polar surface area (TPSA) is 53.6 Å². The second kappa shape index (κ2) is 5.23. The Kier molecular flexibility index (Phi) is 3.69. The molecule has 0 amide bonds. The molecule has 2 rings (SSSR count). The third-order valence-electron chi connectivity index (χ3n) is 2.12. The number of nitrogens with zero attached hydrogens (tertiary/aromatic N) is 2. The molecule has 2 aromatic rings. The number of H-pyrrole nitrogens is 1. The van der Waals surface area contributed by atoms with Crippen LogP contribution in [-0.2, 0) is 6.54 Å². The van der Waals surface area contributed by atoms with Crippen molar-refractivity contribution in [3.63, 3.8) is 0 Å². The summed E-state index contributed by atoms with van der Waals surface area (Å²) in [7, 11) is 0. The van der Waals surface area contributed by atoms with Crippen LogP contribution >= 0.6 is 11.3 Å². The molecule has 2 heterocycles. The van der Waals surface area contributed by atoms with Crippen molar-refractivity contribution in [1.82, 2.24) is 20.5 Å². The molecule has 0 fully saturated rings. The molecule has 2 aromatic heterocycles. The van der Waals surface area contributed by atoms with E-state index in [2.05, 4.69) is 34.3 Å². The number of hydrogen-bond acceptors (Lipinski definition) is 4. The molecule has 0 aromatic carbocycles. The van der Waals surface area contributed by atoms with Gasteiger partial charge in [0.05, 0.1) is 11.4 Å². The molecule has 16 heavy (non-hydrogen) atoms. The molecule has 2 N–H and O–H groups in total. The minimum absolute atomic E-state index is 0.652. The van der Waals surface area contributed by atoms with Gasteiger partial charge in [0.2, 0.25) is 0 Å². The van der Waals surface area contributed by atoms with Crippen LogP contribution in [-0.4, -0.2) is 21.7 Å². The predicted octanol–water partition coefficient (Wildman–Crippen LogP) is 2.28. The third-order valence-corrected chi connectivity index (χ3v) is 2.98. The van der Waals surface area contributed by atoms with E-state index >= 15 is 0 Å². The van der Waals surface area contributed by atoms with Gasteiger partial charge in [-0.05, 0) is 23.9 Å². The Labute approximate surface area is 99.1 Å². The highest BCUT2D eigenvalue weighted by molar-refractivity contribution is 7.13. The van der Waals surface area contributed by atoms with Gasteiger partial charge in [-0.25, -0.2) is 4.98 Å². The van der Waals surface area contributed by atoms with Crippen LogP contribution in [0.25, 0.3) is 10.7 Å². The Hall–Kier alpha value is -1.20. The SMILES string of the molecule is CC(C)CNCc1nc(-c2cccs2)n[nH]1. The van der Waals surface area contributed by atoms with E-state index in [1.165, 1.54) is 0 Å².